The van der Waals surface area contributed by atoms with Gasteiger partial charge in [-0.25, -0.2) is 5.43 Å². The van der Waals surface area contributed by atoms with Crippen LogP contribution in [0.2, 0.25) is 5.02 Å². The van der Waals surface area contributed by atoms with Gasteiger partial charge in [0.15, 0.2) is 0 Å². The first-order valence-electron chi connectivity index (χ1n) is 11.2. The predicted molar refractivity (Wildman–Crippen MR) is 133 cm³/mol. The zero-order valence-corrected chi connectivity index (χ0v) is 19.4. The second kappa shape index (κ2) is 11.0. The first-order valence-corrected chi connectivity index (χ1v) is 11.6. The number of hydrogen-bond donors (Lipinski definition) is 3. The third-order valence-corrected chi connectivity index (χ3v) is 5.93. The maximum atomic E-state index is 12.7. The topological polar surface area (TPSA) is 130 Å². The molecule has 3 N–H and O–H groups in total. The molecule has 1 aliphatic rings. The maximum absolute atomic E-state index is 12.7. The second-order valence-electron chi connectivity index (χ2n) is 8.17. The summed E-state index contributed by atoms with van der Waals surface area (Å²) in [6.07, 6.45) is 7.40. The Morgan fingerprint density at radius 2 is 1.80 bits per heavy atom. The van der Waals surface area contributed by atoms with Gasteiger partial charge < -0.3 is 15.1 Å². The van der Waals surface area contributed by atoms with E-state index in [2.05, 4.69) is 21.2 Å². The molecule has 0 unspecified atom stereocenters. The van der Waals surface area contributed by atoms with Crippen molar-refractivity contribution in [2.45, 2.75) is 38.1 Å². The van der Waals surface area contributed by atoms with Gasteiger partial charge in [-0.05, 0) is 43.2 Å². The van der Waals surface area contributed by atoms with Crippen molar-refractivity contribution >= 4 is 52.2 Å². The zero-order chi connectivity index (χ0) is 24.8. The van der Waals surface area contributed by atoms with E-state index in [1.807, 2.05) is 0 Å². The first kappa shape index (κ1) is 24.2. The number of hydrogen-bond acceptors (Lipinski definition) is 6. The van der Waals surface area contributed by atoms with Crippen LogP contribution >= 0.6 is 11.6 Å². The van der Waals surface area contributed by atoms with Crippen LogP contribution in [-0.2, 0) is 9.59 Å². The lowest BCUT2D eigenvalue weighted by atomic mass is 9.95. The summed E-state index contributed by atoms with van der Waals surface area (Å²) in [6.45, 7) is 0. The summed E-state index contributed by atoms with van der Waals surface area (Å²) in [4.78, 5) is 49.9. The smallest absolute Gasteiger partial charge is 0.329 e. The number of amides is 3. The highest BCUT2D eigenvalue weighted by Gasteiger charge is 2.21. The highest BCUT2D eigenvalue weighted by atomic mass is 35.5. The Kier molecular flexibility index (Phi) is 7.57. The number of carbonyl (C=O) groups excluding carboxylic acids is 3. The number of halogens is 1. The van der Waals surface area contributed by atoms with Crippen LogP contribution < -0.4 is 21.5 Å². The number of para-hydroxylation sites is 1. The number of hydrazone groups is 1. The second-order valence-corrected chi connectivity index (χ2v) is 8.60. The van der Waals surface area contributed by atoms with Crippen LogP contribution in [0.5, 0.6) is 0 Å². The zero-order valence-electron chi connectivity index (χ0n) is 18.7. The van der Waals surface area contributed by atoms with Crippen LogP contribution in [0.4, 0.5) is 5.69 Å². The summed E-state index contributed by atoms with van der Waals surface area (Å²) in [7, 11) is 0. The molecule has 1 heterocycles. The molecule has 0 radical (unpaired) electrons. The van der Waals surface area contributed by atoms with Gasteiger partial charge >= 0.3 is 11.8 Å². The molecule has 3 aromatic rings. The molecule has 0 atom stereocenters. The number of anilines is 1. The van der Waals surface area contributed by atoms with Crippen molar-refractivity contribution in [3.05, 3.63) is 75.1 Å². The Morgan fingerprint density at radius 1 is 1.03 bits per heavy atom. The molecule has 0 bridgehead atoms. The fourth-order valence-electron chi connectivity index (χ4n) is 3.90. The quantitative estimate of drug-likeness (QED) is 0.283. The van der Waals surface area contributed by atoms with E-state index in [-0.39, 0.29) is 34.1 Å². The Bertz CT molecular complexity index is 1360. The summed E-state index contributed by atoms with van der Waals surface area (Å²) in [5.74, 6) is -2.40. The van der Waals surface area contributed by atoms with Crippen molar-refractivity contribution in [2.75, 3.05) is 5.32 Å². The van der Waals surface area contributed by atoms with Crippen LogP contribution in [0.25, 0.3) is 11.0 Å². The summed E-state index contributed by atoms with van der Waals surface area (Å²) in [5.41, 5.74) is 2.55. The SMILES string of the molecule is O=C(N/N=C\c1coc2ccc(Cl)cc2c1=O)C(=O)Nc1ccccc1C(=O)NC1CCCCC1. The van der Waals surface area contributed by atoms with E-state index in [1.165, 1.54) is 18.4 Å². The van der Waals surface area contributed by atoms with Crippen molar-refractivity contribution in [1.29, 1.82) is 0 Å². The van der Waals surface area contributed by atoms with Gasteiger partial charge in [-0.1, -0.05) is 43.0 Å². The molecule has 9 nitrogen and oxygen atoms in total. The summed E-state index contributed by atoms with van der Waals surface area (Å²) in [6, 6.07) is 11.2. The molecule has 1 saturated carbocycles. The van der Waals surface area contributed by atoms with E-state index in [0.29, 0.717) is 10.6 Å². The minimum atomic E-state index is -1.07. The Balaban J connectivity index is 1.39. The molecule has 3 amide bonds. The van der Waals surface area contributed by atoms with Crippen molar-refractivity contribution in [2.24, 2.45) is 5.10 Å². The van der Waals surface area contributed by atoms with Crippen molar-refractivity contribution in [1.82, 2.24) is 10.7 Å². The van der Waals surface area contributed by atoms with Crippen molar-refractivity contribution < 1.29 is 18.8 Å². The monoisotopic (exact) mass is 494 g/mol. The molecule has 1 aliphatic carbocycles. The van der Waals surface area contributed by atoms with Crippen LogP contribution in [0, 0.1) is 0 Å². The van der Waals surface area contributed by atoms with E-state index in [4.69, 9.17) is 16.0 Å². The lowest BCUT2D eigenvalue weighted by Gasteiger charge is -2.23. The van der Waals surface area contributed by atoms with Gasteiger partial charge in [0.25, 0.3) is 5.91 Å². The van der Waals surface area contributed by atoms with E-state index >= 15 is 0 Å². The Labute approximate surface area is 205 Å². The molecule has 1 fully saturated rings. The fraction of sp³-hybridized carbons (Fsp3) is 0.240. The van der Waals surface area contributed by atoms with Crippen LogP contribution in [0.15, 0.2) is 63.0 Å². The lowest BCUT2D eigenvalue weighted by molar-refractivity contribution is -0.136. The molecule has 1 aromatic heterocycles. The lowest BCUT2D eigenvalue weighted by Crippen LogP contribution is -2.37. The molecule has 10 heteroatoms. The van der Waals surface area contributed by atoms with Gasteiger partial charge in [0.05, 0.1) is 28.4 Å². The van der Waals surface area contributed by atoms with Crippen molar-refractivity contribution in [3.8, 4) is 0 Å². The summed E-state index contributed by atoms with van der Waals surface area (Å²) >= 11 is 5.93. The molecular formula is C25H23ClN4O5. The standard InChI is InChI=1S/C25H23ClN4O5/c26-16-10-11-21-19(12-16)22(31)15(14-35-21)13-27-30-25(34)24(33)29-20-9-5-4-8-18(20)23(32)28-17-6-2-1-3-7-17/h4-5,8-14,17H,1-3,6-7H2,(H,28,32)(H,29,33)(H,30,34)/b27-13-. The Morgan fingerprint density at radius 3 is 2.60 bits per heavy atom. The molecule has 0 saturated heterocycles. The molecule has 0 spiro atoms. The number of fused-ring (bicyclic) bond motifs is 1. The number of benzene rings is 2. The normalized spacial score (nSPS) is 14.1. The van der Waals surface area contributed by atoms with Gasteiger partial charge in [-0.15, -0.1) is 0 Å². The number of rotatable bonds is 5. The van der Waals surface area contributed by atoms with Gasteiger partial charge in [0.1, 0.15) is 11.8 Å². The van der Waals surface area contributed by atoms with E-state index in [1.54, 1.807) is 30.3 Å². The van der Waals surface area contributed by atoms with Crippen LogP contribution in [0.1, 0.15) is 48.0 Å². The van der Waals surface area contributed by atoms with E-state index in [9.17, 15) is 19.2 Å². The van der Waals surface area contributed by atoms with Crippen LogP contribution in [-0.4, -0.2) is 30.0 Å². The first-order chi connectivity index (χ1) is 16.9. The number of nitrogens with one attached hydrogen (secondary N) is 3. The third-order valence-electron chi connectivity index (χ3n) is 5.70. The van der Waals surface area contributed by atoms with Gasteiger partial charge in [-0.3, -0.25) is 19.2 Å². The minimum Gasteiger partial charge on any atom is -0.463 e. The molecule has 0 aliphatic heterocycles. The molecule has 2 aromatic carbocycles. The largest absolute Gasteiger partial charge is 0.463 e. The molecule has 4 rings (SSSR count). The highest BCUT2D eigenvalue weighted by Crippen LogP contribution is 2.20. The van der Waals surface area contributed by atoms with Gasteiger partial charge in [0, 0.05) is 11.1 Å². The average molecular weight is 495 g/mol. The van der Waals surface area contributed by atoms with Gasteiger partial charge in [-0.2, -0.15) is 5.10 Å². The third kappa shape index (κ3) is 5.93. The minimum absolute atomic E-state index is 0.0604. The predicted octanol–water partition coefficient (Wildman–Crippen LogP) is 3.60. The number of carbonyl (C=O) groups is 3. The number of nitrogens with zero attached hydrogens (tertiary/aromatic N) is 1. The summed E-state index contributed by atoms with van der Waals surface area (Å²) in [5, 5.41) is 9.73. The van der Waals surface area contributed by atoms with E-state index in [0.717, 1.165) is 38.3 Å². The molecular weight excluding hydrogens is 472 g/mol. The van der Waals surface area contributed by atoms with E-state index < -0.39 is 17.2 Å². The van der Waals surface area contributed by atoms with Crippen LogP contribution in [0.3, 0.4) is 0 Å². The van der Waals surface area contributed by atoms with Crippen molar-refractivity contribution in [3.63, 3.8) is 0 Å². The Hall–Kier alpha value is -3.98. The maximum Gasteiger partial charge on any atom is 0.329 e. The average Bonchev–Trinajstić information content (AvgIpc) is 2.86. The fourth-order valence-corrected chi connectivity index (χ4v) is 4.07. The molecule has 35 heavy (non-hydrogen) atoms. The highest BCUT2D eigenvalue weighted by molar-refractivity contribution is 6.40. The molecule has 180 valence electrons. The summed E-state index contributed by atoms with van der Waals surface area (Å²) < 4.78 is 5.37. The van der Waals surface area contributed by atoms with Gasteiger partial charge in [0.2, 0.25) is 5.43 Å².